The number of oxime groups is 1. The highest BCUT2D eigenvalue weighted by Gasteiger charge is 2.55. The molecule has 1 fully saturated rings. The van der Waals surface area contributed by atoms with Gasteiger partial charge in [0.15, 0.2) is 11.8 Å². The van der Waals surface area contributed by atoms with Crippen LogP contribution in [0.4, 0.5) is 4.79 Å². The van der Waals surface area contributed by atoms with Crippen molar-refractivity contribution in [2.75, 3.05) is 11.5 Å². The Morgan fingerprint density at radius 3 is 2.19 bits per heavy atom. The lowest BCUT2D eigenvalue weighted by Gasteiger charge is -2.49. The molecular formula is C36H35N9O7S2. The summed E-state index contributed by atoms with van der Waals surface area (Å²) in [6, 6.07) is 24.7. The number of hydrogen-bond donors (Lipinski definition) is 3. The molecule has 6 rings (SSSR count). The third-order valence-corrected chi connectivity index (χ3v) is 10.8. The number of benzene rings is 3. The summed E-state index contributed by atoms with van der Waals surface area (Å²) < 4.78 is 7.74. The van der Waals surface area contributed by atoms with E-state index < -0.39 is 52.8 Å². The van der Waals surface area contributed by atoms with Gasteiger partial charge < -0.3 is 20.6 Å². The second kappa shape index (κ2) is 16.3. The average molecular weight is 770 g/mol. The Balaban J connectivity index is 1.27. The van der Waals surface area contributed by atoms with Crippen molar-refractivity contribution in [2.45, 2.75) is 42.1 Å². The van der Waals surface area contributed by atoms with E-state index in [2.05, 4.69) is 26.0 Å². The van der Waals surface area contributed by atoms with E-state index in [0.29, 0.717) is 22.0 Å². The molecule has 54 heavy (non-hydrogen) atoms. The molecule has 2 aliphatic rings. The van der Waals surface area contributed by atoms with Crippen LogP contribution in [-0.2, 0) is 35.8 Å². The van der Waals surface area contributed by atoms with Crippen molar-refractivity contribution in [1.29, 1.82) is 0 Å². The van der Waals surface area contributed by atoms with Gasteiger partial charge in [-0.25, -0.2) is 14.3 Å². The minimum Gasteiger partial charge on any atom is -0.448 e. The van der Waals surface area contributed by atoms with E-state index in [4.69, 9.17) is 15.3 Å². The number of thioether (sulfide) groups is 2. The standard InChI is InChI=1S/C36H35N9O7S2/c1-36(2,33(49)39-34(37)50)52-41-25(21-13-7-4-8-14-21)29(46)38-26-30(47)45-27(24(19-53-31(26)45)20-54-35-40-42-43-44(35)3)32(48)51-28(22-15-9-5-10-16-22)23-17-11-6-12-18-23/h4-18,26,28,31H,19-20H2,1-3H3,(H,38,46)(H3,37,39,49,50)/b41-25+/t26-,31-/m1/s1. The number of β-lactam (4-membered cyclic amide) rings is 1. The number of nitrogens with one attached hydrogen (secondary N) is 2. The number of esters is 1. The summed E-state index contributed by atoms with van der Waals surface area (Å²) in [6.45, 7) is 2.68. The summed E-state index contributed by atoms with van der Waals surface area (Å²) in [4.78, 5) is 72.7. The van der Waals surface area contributed by atoms with Crippen molar-refractivity contribution in [3.8, 4) is 0 Å². The zero-order valence-electron chi connectivity index (χ0n) is 29.2. The molecule has 0 radical (unpaired) electrons. The van der Waals surface area contributed by atoms with Crippen LogP contribution in [0.2, 0.25) is 0 Å². The number of hydrogen-bond acceptors (Lipinski definition) is 13. The number of urea groups is 1. The molecule has 1 saturated heterocycles. The van der Waals surface area contributed by atoms with Gasteiger partial charge in [-0.05, 0) is 41.0 Å². The van der Waals surface area contributed by atoms with Crippen molar-refractivity contribution < 1.29 is 33.5 Å². The number of nitrogens with two attached hydrogens (primary N) is 1. The largest absolute Gasteiger partial charge is 0.448 e. The molecule has 1 aromatic heterocycles. The Labute approximate surface area is 317 Å². The smallest absolute Gasteiger partial charge is 0.356 e. The Morgan fingerprint density at radius 1 is 1.00 bits per heavy atom. The Hall–Kier alpha value is -6.01. The number of tetrazole rings is 1. The number of nitrogens with zero attached hydrogens (tertiary/aromatic N) is 6. The molecule has 0 saturated carbocycles. The van der Waals surface area contributed by atoms with Gasteiger partial charge in [-0.15, -0.1) is 16.9 Å². The molecule has 16 nitrogen and oxygen atoms in total. The number of ether oxygens (including phenoxy) is 1. The van der Waals surface area contributed by atoms with Crippen LogP contribution in [0.3, 0.4) is 0 Å². The van der Waals surface area contributed by atoms with Crippen molar-refractivity contribution in [3.63, 3.8) is 0 Å². The number of fused-ring (bicyclic) bond motifs is 1. The minimum atomic E-state index is -1.70. The number of rotatable bonds is 13. The van der Waals surface area contributed by atoms with Crippen LogP contribution in [0.5, 0.6) is 0 Å². The number of carbonyl (C=O) groups excluding carboxylic acids is 5. The third-order valence-electron chi connectivity index (χ3n) is 8.32. The molecule has 0 aliphatic carbocycles. The van der Waals surface area contributed by atoms with E-state index in [1.807, 2.05) is 66.0 Å². The summed E-state index contributed by atoms with van der Waals surface area (Å²) in [5.74, 6) is -2.30. The molecule has 0 spiro atoms. The third kappa shape index (κ3) is 8.29. The number of primary amides is 1. The highest BCUT2D eigenvalue weighted by Crippen LogP contribution is 2.42. The van der Waals surface area contributed by atoms with Gasteiger partial charge >= 0.3 is 12.0 Å². The molecule has 4 aromatic rings. The Bertz CT molecular complexity index is 2070. The lowest BCUT2D eigenvalue weighted by atomic mass is 10.0. The molecule has 2 atom stereocenters. The summed E-state index contributed by atoms with van der Waals surface area (Å²) in [5.41, 5.74) is 5.66. The van der Waals surface area contributed by atoms with Crippen LogP contribution in [0.15, 0.2) is 113 Å². The zero-order chi connectivity index (χ0) is 38.4. The van der Waals surface area contributed by atoms with Crippen molar-refractivity contribution in [1.82, 2.24) is 35.7 Å². The van der Waals surface area contributed by atoms with Crippen molar-refractivity contribution in [2.24, 2.45) is 17.9 Å². The molecule has 5 amide bonds. The van der Waals surface area contributed by atoms with E-state index in [-0.39, 0.29) is 17.2 Å². The van der Waals surface area contributed by atoms with Crippen LogP contribution >= 0.6 is 23.5 Å². The number of carbonyl (C=O) groups is 5. The number of amides is 5. The van der Waals surface area contributed by atoms with Gasteiger partial charge in [0.25, 0.3) is 17.7 Å². The first-order valence-electron chi connectivity index (χ1n) is 16.5. The predicted molar refractivity (Wildman–Crippen MR) is 198 cm³/mol. The fraction of sp³-hybridized carbons (Fsp3) is 0.250. The lowest BCUT2D eigenvalue weighted by Crippen LogP contribution is -2.71. The van der Waals surface area contributed by atoms with Crippen molar-refractivity contribution >= 4 is 59.0 Å². The monoisotopic (exact) mass is 769 g/mol. The highest BCUT2D eigenvalue weighted by atomic mass is 32.2. The van der Waals surface area contributed by atoms with Crippen LogP contribution < -0.4 is 16.4 Å². The molecular weight excluding hydrogens is 735 g/mol. The fourth-order valence-corrected chi connectivity index (χ4v) is 7.85. The quantitative estimate of drug-likeness (QED) is 0.0589. The second-order valence-electron chi connectivity index (χ2n) is 12.5. The first-order chi connectivity index (χ1) is 25.9. The fourth-order valence-electron chi connectivity index (χ4n) is 5.52. The van der Waals surface area contributed by atoms with Crippen molar-refractivity contribution in [3.05, 3.63) is 119 Å². The van der Waals surface area contributed by atoms with Crippen LogP contribution in [0.25, 0.3) is 0 Å². The highest BCUT2D eigenvalue weighted by molar-refractivity contribution is 8.01. The van der Waals surface area contributed by atoms with E-state index in [1.54, 1.807) is 37.4 Å². The maximum Gasteiger partial charge on any atom is 0.356 e. The minimum absolute atomic E-state index is 0.0798. The van der Waals surface area contributed by atoms with Gasteiger partial charge in [-0.1, -0.05) is 108 Å². The van der Waals surface area contributed by atoms with Gasteiger partial charge in [-0.3, -0.25) is 24.6 Å². The normalized spacial score (nSPS) is 17.0. The Kier molecular flexibility index (Phi) is 11.4. The predicted octanol–water partition coefficient (Wildman–Crippen LogP) is 2.68. The molecule has 278 valence electrons. The lowest BCUT2D eigenvalue weighted by molar-refractivity contribution is -0.154. The first-order valence-corrected chi connectivity index (χ1v) is 18.5. The van der Waals surface area contributed by atoms with Crippen LogP contribution in [0, 0.1) is 0 Å². The van der Waals surface area contributed by atoms with E-state index in [0.717, 1.165) is 11.1 Å². The number of imide groups is 1. The van der Waals surface area contributed by atoms with E-state index >= 15 is 0 Å². The zero-order valence-corrected chi connectivity index (χ0v) is 30.9. The molecule has 2 aliphatic heterocycles. The summed E-state index contributed by atoms with van der Waals surface area (Å²) in [5, 5.41) is 20.1. The summed E-state index contributed by atoms with van der Waals surface area (Å²) >= 11 is 2.67. The van der Waals surface area contributed by atoms with Crippen LogP contribution in [0.1, 0.15) is 36.6 Å². The molecule has 0 bridgehead atoms. The topological polar surface area (TPSA) is 213 Å². The van der Waals surface area contributed by atoms with Crippen LogP contribution in [-0.4, -0.2) is 89.1 Å². The SMILES string of the molecule is Cn1nnnc1SCC1=C(C(=O)OC(c2ccccc2)c2ccccc2)N2C(=O)[C@@H](NC(=O)/C(=N/OC(C)(C)C(=O)NC(N)=O)c3ccccc3)[C@H]2SC1. The molecule has 3 heterocycles. The maximum atomic E-state index is 14.3. The van der Waals surface area contributed by atoms with Gasteiger partial charge in [-0.2, -0.15) is 0 Å². The van der Waals surface area contributed by atoms with Gasteiger partial charge in [0, 0.05) is 24.1 Å². The van der Waals surface area contributed by atoms with E-state index in [9.17, 15) is 24.0 Å². The average Bonchev–Trinajstić information content (AvgIpc) is 3.59. The molecule has 18 heteroatoms. The van der Waals surface area contributed by atoms with Gasteiger partial charge in [0.05, 0.1) is 0 Å². The van der Waals surface area contributed by atoms with Gasteiger partial charge in [0.1, 0.15) is 17.1 Å². The number of aromatic nitrogens is 4. The summed E-state index contributed by atoms with van der Waals surface area (Å²) in [6.07, 6.45) is -0.775. The Morgan fingerprint density at radius 2 is 1.61 bits per heavy atom. The maximum absolute atomic E-state index is 14.3. The first kappa shape index (κ1) is 37.7. The molecule has 3 aromatic carbocycles. The summed E-state index contributed by atoms with van der Waals surface area (Å²) in [7, 11) is 1.70. The van der Waals surface area contributed by atoms with Gasteiger partial charge in [0.2, 0.25) is 10.8 Å². The van der Waals surface area contributed by atoms with E-state index in [1.165, 1.54) is 47.0 Å². The molecule has 0 unspecified atom stereocenters. The molecule has 4 N–H and O–H groups in total. The second-order valence-corrected chi connectivity index (χ2v) is 14.6. The number of aryl methyl sites for hydroxylation is 1.